The minimum absolute atomic E-state index is 0.0793. The van der Waals surface area contributed by atoms with E-state index in [0.29, 0.717) is 0 Å². The largest absolute Gasteiger partial charge is 0.351 e. The van der Waals surface area contributed by atoms with Gasteiger partial charge in [-0.15, -0.1) is 0 Å². The van der Waals surface area contributed by atoms with E-state index in [0.717, 1.165) is 16.5 Å². The highest BCUT2D eigenvalue weighted by Gasteiger charge is 2.08. The highest BCUT2D eigenvalue weighted by Crippen LogP contribution is 2.19. The predicted molar refractivity (Wildman–Crippen MR) is 64.4 cm³/mol. The molecule has 3 N–H and O–H groups in total. The zero-order valence-corrected chi connectivity index (χ0v) is 9.43. The van der Waals surface area contributed by atoms with Gasteiger partial charge >= 0.3 is 6.03 Å². The summed E-state index contributed by atoms with van der Waals surface area (Å²) in [6.07, 6.45) is 1.82. The Morgan fingerprint density at radius 3 is 2.82 bits per heavy atom. The van der Waals surface area contributed by atoms with E-state index in [4.69, 9.17) is 5.73 Å². The first kappa shape index (κ1) is 11.2. The molecular weight excluding hydrogens is 218 g/mol. The lowest BCUT2D eigenvalue weighted by Gasteiger charge is -2.05. The number of nitrogens with two attached hydrogens (primary N) is 1. The summed E-state index contributed by atoms with van der Waals surface area (Å²) in [6, 6.07) is 6.99. The number of aryl methyl sites for hydroxylation is 1. The number of hydrogen-bond donors (Lipinski definition) is 2. The minimum atomic E-state index is -0.831. The Labute approximate surface area is 98.2 Å². The third-order valence-electron chi connectivity index (χ3n) is 2.61. The quantitative estimate of drug-likeness (QED) is 0.813. The molecular formula is C12H13N3O2. The molecule has 88 valence electrons. The lowest BCUT2D eigenvalue weighted by Crippen LogP contribution is -2.37. The lowest BCUT2D eigenvalue weighted by molar-refractivity contribution is -0.120. The first-order chi connectivity index (χ1) is 8.08. The fourth-order valence-electron chi connectivity index (χ4n) is 1.85. The van der Waals surface area contributed by atoms with E-state index in [1.807, 2.05) is 42.7 Å². The molecule has 1 aromatic carbocycles. The number of urea groups is 1. The van der Waals surface area contributed by atoms with E-state index in [9.17, 15) is 9.59 Å². The lowest BCUT2D eigenvalue weighted by atomic mass is 10.1. The van der Waals surface area contributed by atoms with Crippen molar-refractivity contribution in [2.45, 2.75) is 13.5 Å². The van der Waals surface area contributed by atoms with E-state index in [2.05, 4.69) is 0 Å². The molecule has 0 radical (unpaired) electrons. The Hall–Kier alpha value is -2.30. The van der Waals surface area contributed by atoms with Crippen LogP contribution >= 0.6 is 0 Å². The monoisotopic (exact) mass is 231 g/mol. The maximum atomic E-state index is 11.4. The molecule has 0 aliphatic rings. The van der Waals surface area contributed by atoms with E-state index in [-0.39, 0.29) is 6.54 Å². The van der Waals surface area contributed by atoms with Crippen molar-refractivity contribution < 1.29 is 9.59 Å². The molecule has 0 saturated carbocycles. The number of carbonyl (C=O) groups is 2. The molecule has 0 aliphatic carbocycles. The normalized spacial score (nSPS) is 10.4. The fourth-order valence-corrected chi connectivity index (χ4v) is 1.85. The number of aromatic nitrogens is 1. The summed E-state index contributed by atoms with van der Waals surface area (Å²) >= 11 is 0. The molecule has 5 heteroatoms. The number of primary amides is 1. The van der Waals surface area contributed by atoms with Crippen molar-refractivity contribution in [2.24, 2.45) is 5.73 Å². The van der Waals surface area contributed by atoms with Crippen LogP contribution < -0.4 is 11.1 Å². The van der Waals surface area contributed by atoms with Crippen LogP contribution in [0.5, 0.6) is 0 Å². The maximum Gasteiger partial charge on any atom is 0.318 e. The molecule has 1 aromatic heterocycles. The van der Waals surface area contributed by atoms with Crippen LogP contribution in [0, 0.1) is 6.92 Å². The molecule has 0 unspecified atom stereocenters. The molecule has 0 spiro atoms. The van der Waals surface area contributed by atoms with Crippen molar-refractivity contribution in [1.82, 2.24) is 9.88 Å². The zero-order valence-electron chi connectivity index (χ0n) is 9.43. The molecule has 1 heterocycles. The van der Waals surface area contributed by atoms with Gasteiger partial charge in [0.25, 0.3) is 0 Å². The van der Waals surface area contributed by atoms with Gasteiger partial charge in [-0.1, -0.05) is 12.1 Å². The Morgan fingerprint density at radius 1 is 1.35 bits per heavy atom. The van der Waals surface area contributed by atoms with Crippen molar-refractivity contribution in [2.75, 3.05) is 0 Å². The Morgan fingerprint density at radius 2 is 2.12 bits per heavy atom. The molecule has 0 bridgehead atoms. The Bertz CT molecular complexity index is 586. The topological polar surface area (TPSA) is 77.1 Å². The van der Waals surface area contributed by atoms with Crippen LogP contribution in [0.3, 0.4) is 0 Å². The number of hydrogen-bond acceptors (Lipinski definition) is 2. The van der Waals surface area contributed by atoms with Gasteiger partial charge in [-0.05, 0) is 24.6 Å². The van der Waals surface area contributed by atoms with Gasteiger partial charge < -0.3 is 10.3 Å². The van der Waals surface area contributed by atoms with Gasteiger partial charge in [-0.2, -0.15) is 0 Å². The fraction of sp³-hybridized carbons (Fsp3) is 0.167. The van der Waals surface area contributed by atoms with E-state index in [1.165, 1.54) is 0 Å². The van der Waals surface area contributed by atoms with Gasteiger partial charge in [0.1, 0.15) is 6.54 Å². The molecule has 2 rings (SSSR count). The molecule has 17 heavy (non-hydrogen) atoms. The standard InChI is InChI=1S/C12H13N3O2/c1-8-3-2-4-10-9(8)5-6-15(10)7-11(16)14-12(13)17/h2-6H,7H2,1H3,(H3,13,14,16,17). The number of imide groups is 1. The minimum Gasteiger partial charge on any atom is -0.351 e. The predicted octanol–water partition coefficient (Wildman–Crippen LogP) is 1.14. The first-order valence-electron chi connectivity index (χ1n) is 5.21. The van der Waals surface area contributed by atoms with Crippen molar-refractivity contribution >= 4 is 22.8 Å². The second-order valence-corrected chi connectivity index (χ2v) is 3.86. The number of benzene rings is 1. The van der Waals surface area contributed by atoms with Gasteiger partial charge in [0.05, 0.1) is 0 Å². The third-order valence-corrected chi connectivity index (χ3v) is 2.61. The maximum absolute atomic E-state index is 11.4. The number of fused-ring (bicyclic) bond motifs is 1. The molecule has 0 fully saturated rings. The average molecular weight is 231 g/mol. The van der Waals surface area contributed by atoms with Gasteiger partial charge in [0, 0.05) is 17.1 Å². The Balaban J connectivity index is 2.28. The van der Waals surface area contributed by atoms with Crippen LogP contribution in [-0.4, -0.2) is 16.5 Å². The van der Waals surface area contributed by atoms with E-state index < -0.39 is 11.9 Å². The number of nitrogens with one attached hydrogen (secondary N) is 1. The smallest absolute Gasteiger partial charge is 0.318 e. The molecule has 0 aliphatic heterocycles. The number of amides is 3. The second kappa shape index (κ2) is 4.29. The number of carbonyl (C=O) groups excluding carboxylic acids is 2. The summed E-state index contributed by atoms with van der Waals surface area (Å²) in [5.74, 6) is -0.420. The van der Waals surface area contributed by atoms with Gasteiger partial charge in [0.2, 0.25) is 5.91 Å². The summed E-state index contributed by atoms with van der Waals surface area (Å²) in [7, 11) is 0. The van der Waals surface area contributed by atoms with Gasteiger partial charge in [0.15, 0.2) is 0 Å². The first-order valence-corrected chi connectivity index (χ1v) is 5.21. The van der Waals surface area contributed by atoms with Crippen molar-refractivity contribution in [3.05, 3.63) is 36.0 Å². The van der Waals surface area contributed by atoms with Crippen LogP contribution in [0.1, 0.15) is 5.56 Å². The molecule has 3 amide bonds. The molecule has 5 nitrogen and oxygen atoms in total. The van der Waals surface area contributed by atoms with Crippen molar-refractivity contribution in [1.29, 1.82) is 0 Å². The number of nitrogens with zero attached hydrogens (tertiary/aromatic N) is 1. The van der Waals surface area contributed by atoms with Crippen molar-refractivity contribution in [3.63, 3.8) is 0 Å². The van der Waals surface area contributed by atoms with Crippen molar-refractivity contribution in [3.8, 4) is 0 Å². The third kappa shape index (κ3) is 2.28. The van der Waals surface area contributed by atoms with Gasteiger partial charge in [-0.3, -0.25) is 10.1 Å². The zero-order chi connectivity index (χ0) is 12.4. The average Bonchev–Trinajstić information content (AvgIpc) is 2.62. The summed E-state index contributed by atoms with van der Waals surface area (Å²) < 4.78 is 1.78. The molecule has 0 saturated heterocycles. The van der Waals surface area contributed by atoms with Crippen LogP contribution in [0.25, 0.3) is 10.9 Å². The summed E-state index contributed by atoms with van der Waals surface area (Å²) in [4.78, 5) is 22.0. The van der Waals surface area contributed by atoms with Crippen LogP contribution in [0.15, 0.2) is 30.5 Å². The summed E-state index contributed by atoms with van der Waals surface area (Å²) in [5, 5.41) is 3.14. The Kier molecular flexibility index (Phi) is 2.82. The van der Waals surface area contributed by atoms with Crippen LogP contribution in [0.2, 0.25) is 0 Å². The van der Waals surface area contributed by atoms with Crippen LogP contribution in [0.4, 0.5) is 4.79 Å². The van der Waals surface area contributed by atoms with E-state index in [1.54, 1.807) is 4.57 Å². The molecule has 2 aromatic rings. The highest BCUT2D eigenvalue weighted by atomic mass is 16.2. The van der Waals surface area contributed by atoms with Gasteiger partial charge in [-0.25, -0.2) is 4.79 Å². The van der Waals surface area contributed by atoms with Crippen LogP contribution in [-0.2, 0) is 11.3 Å². The highest BCUT2D eigenvalue weighted by molar-refractivity contribution is 5.94. The van der Waals surface area contributed by atoms with E-state index >= 15 is 0 Å². The summed E-state index contributed by atoms with van der Waals surface area (Å²) in [6.45, 7) is 2.09. The summed E-state index contributed by atoms with van der Waals surface area (Å²) in [5.41, 5.74) is 6.99. The second-order valence-electron chi connectivity index (χ2n) is 3.86. The molecule has 0 atom stereocenters. The number of rotatable bonds is 2. The SMILES string of the molecule is Cc1cccc2c1ccn2CC(=O)NC(N)=O.